The van der Waals surface area contributed by atoms with Gasteiger partial charge in [0, 0.05) is 6.08 Å². The Hall–Kier alpha value is -2.13. The van der Waals surface area contributed by atoms with E-state index in [2.05, 4.69) is 26.8 Å². The standard InChI is InChI=1S/C10H18O.C9H8O2/c1-9(2)5-4-6-10(3)7-8-11;10-9(11)7-6-8-4-2-1-3-5-8/h5,7,11H,4,6,8H2,1-3H3;1-7H,(H,10,11)/b10-7+;. The molecule has 0 amide bonds. The van der Waals surface area contributed by atoms with E-state index in [1.807, 2.05) is 36.4 Å². The van der Waals surface area contributed by atoms with E-state index in [0.717, 1.165) is 24.5 Å². The van der Waals surface area contributed by atoms with Crippen molar-refractivity contribution >= 4 is 12.0 Å². The quantitative estimate of drug-likeness (QED) is 0.602. The molecule has 1 rings (SSSR count). The molecule has 0 aromatic heterocycles. The van der Waals surface area contributed by atoms with Crippen molar-refractivity contribution in [1.29, 1.82) is 0 Å². The number of allylic oxidation sites excluding steroid dienone is 3. The molecule has 0 spiro atoms. The first-order valence-corrected chi connectivity index (χ1v) is 7.31. The lowest BCUT2D eigenvalue weighted by Gasteiger charge is -1.96. The van der Waals surface area contributed by atoms with Crippen molar-refractivity contribution in [3.05, 3.63) is 65.3 Å². The van der Waals surface area contributed by atoms with Crippen molar-refractivity contribution in [3.63, 3.8) is 0 Å². The number of carbonyl (C=O) groups is 1. The van der Waals surface area contributed by atoms with Gasteiger partial charge in [0.15, 0.2) is 0 Å². The Labute approximate surface area is 133 Å². The maximum atomic E-state index is 10.1. The Morgan fingerprint density at radius 3 is 2.23 bits per heavy atom. The number of benzene rings is 1. The normalized spacial score (nSPS) is 10.8. The van der Waals surface area contributed by atoms with Crippen LogP contribution in [-0.4, -0.2) is 22.8 Å². The first kappa shape index (κ1) is 19.9. The molecule has 0 bridgehead atoms. The first-order chi connectivity index (χ1) is 10.5. The minimum atomic E-state index is -0.922. The van der Waals surface area contributed by atoms with Gasteiger partial charge >= 0.3 is 5.97 Å². The van der Waals surface area contributed by atoms with Gasteiger partial charge in [-0.1, -0.05) is 53.6 Å². The Morgan fingerprint density at radius 1 is 1.09 bits per heavy atom. The number of hydrogen-bond acceptors (Lipinski definition) is 2. The van der Waals surface area contributed by atoms with Crippen molar-refractivity contribution < 1.29 is 15.0 Å². The van der Waals surface area contributed by atoms with Crippen molar-refractivity contribution in [2.75, 3.05) is 6.61 Å². The van der Waals surface area contributed by atoms with Crippen LogP contribution in [0.4, 0.5) is 0 Å². The van der Waals surface area contributed by atoms with Crippen LogP contribution in [0.3, 0.4) is 0 Å². The molecule has 22 heavy (non-hydrogen) atoms. The molecule has 0 heterocycles. The molecular weight excluding hydrogens is 276 g/mol. The topological polar surface area (TPSA) is 57.5 Å². The summed E-state index contributed by atoms with van der Waals surface area (Å²) in [5, 5.41) is 16.8. The number of rotatable bonds is 6. The van der Waals surface area contributed by atoms with Gasteiger partial charge in [0.25, 0.3) is 0 Å². The van der Waals surface area contributed by atoms with Crippen LogP contribution < -0.4 is 0 Å². The van der Waals surface area contributed by atoms with Crippen molar-refractivity contribution in [2.24, 2.45) is 0 Å². The van der Waals surface area contributed by atoms with Gasteiger partial charge in [0.05, 0.1) is 6.61 Å². The average molecular weight is 302 g/mol. The third kappa shape index (κ3) is 12.9. The molecule has 120 valence electrons. The second kappa shape index (κ2) is 12.6. The molecule has 1 aromatic rings. The Kier molecular flexibility index (Phi) is 11.4. The van der Waals surface area contributed by atoms with E-state index in [1.54, 1.807) is 6.08 Å². The van der Waals surface area contributed by atoms with Gasteiger partial charge in [-0.05, 0) is 45.3 Å². The minimum absolute atomic E-state index is 0.167. The van der Waals surface area contributed by atoms with Crippen molar-refractivity contribution in [1.82, 2.24) is 0 Å². The van der Waals surface area contributed by atoms with Crippen molar-refractivity contribution in [3.8, 4) is 0 Å². The maximum Gasteiger partial charge on any atom is 0.328 e. The molecule has 2 N–H and O–H groups in total. The SMILES string of the molecule is CC(C)=CCC/C(C)=C/CO.O=C(O)C=Cc1ccccc1. The van der Waals surface area contributed by atoms with E-state index >= 15 is 0 Å². The van der Waals surface area contributed by atoms with Crippen LogP contribution in [0.5, 0.6) is 0 Å². The Bertz CT molecular complexity index is 507. The minimum Gasteiger partial charge on any atom is -0.478 e. The zero-order chi connectivity index (χ0) is 16.8. The van der Waals surface area contributed by atoms with Crippen LogP contribution in [0.2, 0.25) is 0 Å². The van der Waals surface area contributed by atoms with Gasteiger partial charge in [0.1, 0.15) is 0 Å². The van der Waals surface area contributed by atoms with Gasteiger partial charge in [0.2, 0.25) is 0 Å². The molecule has 3 nitrogen and oxygen atoms in total. The number of aliphatic carboxylic acids is 1. The number of hydrogen-bond donors (Lipinski definition) is 2. The summed E-state index contributed by atoms with van der Waals surface area (Å²) in [5.41, 5.74) is 3.53. The molecule has 0 saturated heterocycles. The summed E-state index contributed by atoms with van der Waals surface area (Å²) in [6, 6.07) is 9.31. The summed E-state index contributed by atoms with van der Waals surface area (Å²) in [6.07, 6.45) is 8.90. The fourth-order valence-electron chi connectivity index (χ4n) is 1.58. The fourth-order valence-corrected chi connectivity index (χ4v) is 1.58. The molecule has 0 radical (unpaired) electrons. The summed E-state index contributed by atoms with van der Waals surface area (Å²) in [6.45, 7) is 6.42. The monoisotopic (exact) mass is 302 g/mol. The summed E-state index contributed by atoms with van der Waals surface area (Å²) in [5.74, 6) is -0.922. The highest BCUT2D eigenvalue weighted by atomic mass is 16.4. The van der Waals surface area contributed by atoms with Crippen LogP contribution in [-0.2, 0) is 4.79 Å². The van der Waals surface area contributed by atoms with Crippen LogP contribution in [0.1, 0.15) is 39.2 Å². The maximum absolute atomic E-state index is 10.1. The van der Waals surface area contributed by atoms with Gasteiger partial charge in [-0.2, -0.15) is 0 Å². The molecule has 0 aliphatic heterocycles. The number of carboxylic acid groups (broad SMARTS) is 1. The van der Waals surface area contributed by atoms with Crippen LogP contribution in [0, 0.1) is 0 Å². The zero-order valence-corrected chi connectivity index (χ0v) is 13.6. The van der Waals surface area contributed by atoms with Crippen LogP contribution >= 0.6 is 0 Å². The predicted octanol–water partition coefficient (Wildman–Crippen LogP) is 4.46. The smallest absolute Gasteiger partial charge is 0.328 e. The van der Waals surface area contributed by atoms with E-state index in [4.69, 9.17) is 10.2 Å². The van der Waals surface area contributed by atoms with E-state index < -0.39 is 5.97 Å². The van der Waals surface area contributed by atoms with Crippen LogP contribution in [0.15, 0.2) is 59.7 Å². The molecule has 0 fully saturated rings. The van der Waals surface area contributed by atoms with Gasteiger partial charge in [-0.25, -0.2) is 4.79 Å². The van der Waals surface area contributed by atoms with Gasteiger partial charge in [-0.3, -0.25) is 0 Å². The summed E-state index contributed by atoms with van der Waals surface area (Å²) >= 11 is 0. The number of carboxylic acids is 1. The molecule has 0 aliphatic carbocycles. The van der Waals surface area contributed by atoms with Crippen molar-refractivity contribution in [2.45, 2.75) is 33.6 Å². The van der Waals surface area contributed by atoms with Gasteiger partial charge < -0.3 is 10.2 Å². The molecule has 3 heteroatoms. The second-order valence-electron chi connectivity index (χ2n) is 5.14. The summed E-state index contributed by atoms with van der Waals surface area (Å²) in [4.78, 5) is 10.1. The highest BCUT2D eigenvalue weighted by Gasteiger charge is 1.87. The average Bonchev–Trinajstić information content (AvgIpc) is 2.47. The summed E-state index contributed by atoms with van der Waals surface area (Å²) in [7, 11) is 0. The summed E-state index contributed by atoms with van der Waals surface area (Å²) < 4.78 is 0. The molecular formula is C19H26O3. The highest BCUT2D eigenvalue weighted by Crippen LogP contribution is 2.05. The first-order valence-electron chi connectivity index (χ1n) is 7.31. The predicted molar refractivity (Wildman–Crippen MR) is 92.6 cm³/mol. The molecule has 0 aliphatic rings. The second-order valence-corrected chi connectivity index (χ2v) is 5.14. The van der Waals surface area contributed by atoms with E-state index in [9.17, 15) is 4.79 Å². The lowest BCUT2D eigenvalue weighted by atomic mass is 10.1. The Morgan fingerprint density at radius 2 is 1.73 bits per heavy atom. The lowest BCUT2D eigenvalue weighted by molar-refractivity contribution is -0.131. The third-order valence-corrected chi connectivity index (χ3v) is 2.75. The molecule has 1 aromatic carbocycles. The lowest BCUT2D eigenvalue weighted by Crippen LogP contribution is -1.85. The van der Waals surface area contributed by atoms with E-state index in [0.29, 0.717) is 0 Å². The highest BCUT2D eigenvalue weighted by molar-refractivity contribution is 5.85. The Balaban J connectivity index is 0.000000401. The van der Waals surface area contributed by atoms with Crippen LogP contribution in [0.25, 0.3) is 6.08 Å². The number of aliphatic hydroxyl groups excluding tert-OH is 1. The van der Waals surface area contributed by atoms with E-state index in [-0.39, 0.29) is 6.61 Å². The largest absolute Gasteiger partial charge is 0.478 e. The third-order valence-electron chi connectivity index (χ3n) is 2.75. The molecule has 0 saturated carbocycles. The van der Waals surface area contributed by atoms with E-state index in [1.165, 1.54) is 11.1 Å². The molecule has 0 atom stereocenters. The fraction of sp³-hybridized carbons (Fsp3) is 0.316. The van der Waals surface area contributed by atoms with Gasteiger partial charge in [-0.15, -0.1) is 0 Å². The zero-order valence-electron chi connectivity index (χ0n) is 13.6. The number of aliphatic hydroxyl groups is 1. The molecule has 0 unspecified atom stereocenters.